The van der Waals surface area contributed by atoms with E-state index in [1.54, 1.807) is 0 Å². The fourth-order valence-corrected chi connectivity index (χ4v) is 2.76. The summed E-state index contributed by atoms with van der Waals surface area (Å²) in [5.41, 5.74) is 1.95. The number of carbonyl (C=O) groups is 2. The highest BCUT2D eigenvalue weighted by atomic mass is 19.1. The van der Waals surface area contributed by atoms with E-state index in [1.807, 2.05) is 31.2 Å². The van der Waals surface area contributed by atoms with E-state index in [2.05, 4.69) is 5.32 Å². The van der Waals surface area contributed by atoms with Gasteiger partial charge < -0.3 is 15.0 Å². The Morgan fingerprint density at radius 2 is 1.85 bits per heavy atom. The minimum atomic E-state index is -0.885. The summed E-state index contributed by atoms with van der Waals surface area (Å²) >= 11 is 0. The SMILES string of the molecule is Cc1ccc(CN2C(=O)COC[C@H]2C(=O)Nc2cc(F)cc(F)c2)cc1. The van der Waals surface area contributed by atoms with Crippen molar-refractivity contribution in [2.75, 3.05) is 18.5 Å². The minimum absolute atomic E-state index is 0.0131. The lowest BCUT2D eigenvalue weighted by Crippen LogP contribution is -2.54. The summed E-state index contributed by atoms with van der Waals surface area (Å²) in [6.07, 6.45) is 0. The molecule has 0 spiro atoms. The molecule has 1 fully saturated rings. The molecule has 136 valence electrons. The molecule has 2 amide bonds. The summed E-state index contributed by atoms with van der Waals surface area (Å²) in [6, 6.07) is 9.46. The van der Waals surface area contributed by atoms with Crippen LogP contribution in [0.5, 0.6) is 0 Å². The van der Waals surface area contributed by atoms with E-state index in [1.165, 1.54) is 4.90 Å². The first kappa shape index (κ1) is 18.0. The first-order valence-corrected chi connectivity index (χ1v) is 8.12. The number of rotatable bonds is 4. The van der Waals surface area contributed by atoms with Crippen molar-refractivity contribution < 1.29 is 23.1 Å². The van der Waals surface area contributed by atoms with Gasteiger partial charge in [-0.25, -0.2) is 8.78 Å². The molecule has 3 rings (SSSR count). The smallest absolute Gasteiger partial charge is 0.249 e. The maximum atomic E-state index is 13.3. The number of hydrogen-bond donors (Lipinski definition) is 1. The fraction of sp³-hybridized carbons (Fsp3) is 0.263. The van der Waals surface area contributed by atoms with Gasteiger partial charge in [0, 0.05) is 18.3 Å². The summed E-state index contributed by atoms with van der Waals surface area (Å²) in [5.74, 6) is -2.47. The van der Waals surface area contributed by atoms with Gasteiger partial charge in [-0.1, -0.05) is 29.8 Å². The van der Waals surface area contributed by atoms with Crippen molar-refractivity contribution >= 4 is 17.5 Å². The van der Waals surface area contributed by atoms with Gasteiger partial charge in [-0.3, -0.25) is 9.59 Å². The van der Waals surface area contributed by atoms with Gasteiger partial charge in [0.25, 0.3) is 0 Å². The zero-order valence-corrected chi connectivity index (χ0v) is 14.2. The van der Waals surface area contributed by atoms with Gasteiger partial charge >= 0.3 is 0 Å². The lowest BCUT2D eigenvalue weighted by atomic mass is 10.1. The molecule has 2 aromatic carbocycles. The summed E-state index contributed by atoms with van der Waals surface area (Å²) in [7, 11) is 0. The summed E-state index contributed by atoms with van der Waals surface area (Å²) in [5, 5.41) is 2.45. The summed E-state index contributed by atoms with van der Waals surface area (Å²) in [4.78, 5) is 26.2. The monoisotopic (exact) mass is 360 g/mol. The highest BCUT2D eigenvalue weighted by Crippen LogP contribution is 2.18. The van der Waals surface area contributed by atoms with Crippen LogP contribution in [0, 0.1) is 18.6 Å². The first-order valence-electron chi connectivity index (χ1n) is 8.12. The molecule has 1 saturated heterocycles. The van der Waals surface area contributed by atoms with E-state index in [4.69, 9.17) is 4.74 Å². The number of ether oxygens (including phenoxy) is 1. The molecule has 0 bridgehead atoms. The topological polar surface area (TPSA) is 58.6 Å². The Labute approximate surface area is 149 Å². The Hall–Kier alpha value is -2.80. The van der Waals surface area contributed by atoms with Crippen molar-refractivity contribution in [3.8, 4) is 0 Å². The Morgan fingerprint density at radius 3 is 2.50 bits per heavy atom. The molecule has 1 N–H and O–H groups in total. The van der Waals surface area contributed by atoms with E-state index in [0.29, 0.717) is 6.07 Å². The van der Waals surface area contributed by atoms with Crippen molar-refractivity contribution in [3.63, 3.8) is 0 Å². The van der Waals surface area contributed by atoms with Gasteiger partial charge in [0.1, 0.15) is 24.3 Å². The quantitative estimate of drug-likeness (QED) is 0.912. The zero-order chi connectivity index (χ0) is 18.7. The largest absolute Gasteiger partial charge is 0.369 e. The number of halogens is 2. The zero-order valence-electron chi connectivity index (χ0n) is 14.2. The van der Waals surface area contributed by atoms with Crippen molar-refractivity contribution in [2.24, 2.45) is 0 Å². The number of aryl methyl sites for hydroxylation is 1. The molecule has 0 unspecified atom stereocenters. The number of amides is 2. The standard InChI is InChI=1S/C19H18F2N2O3/c1-12-2-4-13(5-3-12)9-23-17(10-26-11-18(23)24)19(25)22-16-7-14(20)6-15(21)8-16/h2-8,17H,9-11H2,1H3,(H,22,25)/t17-/m0/s1. The van der Waals surface area contributed by atoms with Crippen LogP contribution in [0.2, 0.25) is 0 Å². The number of benzene rings is 2. The van der Waals surface area contributed by atoms with Crippen LogP contribution < -0.4 is 5.32 Å². The van der Waals surface area contributed by atoms with Crippen LogP contribution in [-0.4, -0.2) is 36.0 Å². The second-order valence-corrected chi connectivity index (χ2v) is 6.19. The number of morpholine rings is 1. The van der Waals surface area contributed by atoms with Gasteiger partial charge in [-0.05, 0) is 24.6 Å². The third kappa shape index (κ3) is 4.23. The van der Waals surface area contributed by atoms with E-state index in [0.717, 1.165) is 23.3 Å². The van der Waals surface area contributed by atoms with E-state index in [9.17, 15) is 18.4 Å². The molecule has 1 heterocycles. The van der Waals surface area contributed by atoms with Crippen LogP contribution in [0.15, 0.2) is 42.5 Å². The molecule has 0 aromatic heterocycles. The summed E-state index contributed by atoms with van der Waals surface area (Å²) < 4.78 is 31.8. The average Bonchev–Trinajstić information content (AvgIpc) is 2.57. The lowest BCUT2D eigenvalue weighted by Gasteiger charge is -2.34. The highest BCUT2D eigenvalue weighted by Gasteiger charge is 2.34. The second-order valence-electron chi connectivity index (χ2n) is 6.19. The van der Waals surface area contributed by atoms with Crippen molar-refractivity contribution in [2.45, 2.75) is 19.5 Å². The molecule has 7 heteroatoms. The molecule has 2 aromatic rings. The number of hydrogen-bond acceptors (Lipinski definition) is 3. The number of anilines is 1. The molecule has 1 aliphatic rings. The number of nitrogens with one attached hydrogen (secondary N) is 1. The van der Waals surface area contributed by atoms with Crippen LogP contribution in [0.3, 0.4) is 0 Å². The fourth-order valence-electron chi connectivity index (χ4n) is 2.76. The summed E-state index contributed by atoms with van der Waals surface area (Å²) in [6.45, 7) is 2.11. The van der Waals surface area contributed by atoms with Crippen molar-refractivity contribution in [3.05, 3.63) is 65.2 Å². The van der Waals surface area contributed by atoms with Gasteiger partial charge in [-0.15, -0.1) is 0 Å². The Kier molecular flexibility index (Phi) is 5.27. The van der Waals surface area contributed by atoms with Crippen LogP contribution in [0.4, 0.5) is 14.5 Å². The molecule has 0 aliphatic carbocycles. The molecule has 26 heavy (non-hydrogen) atoms. The van der Waals surface area contributed by atoms with Gasteiger partial charge in [0.05, 0.1) is 6.61 Å². The third-order valence-corrected chi connectivity index (χ3v) is 4.10. The lowest BCUT2D eigenvalue weighted by molar-refractivity contribution is -0.154. The first-order chi connectivity index (χ1) is 12.4. The Morgan fingerprint density at radius 1 is 1.19 bits per heavy atom. The van der Waals surface area contributed by atoms with Crippen molar-refractivity contribution in [1.82, 2.24) is 4.90 Å². The highest BCUT2D eigenvalue weighted by molar-refractivity contribution is 5.97. The predicted octanol–water partition coefficient (Wildman–Crippen LogP) is 2.64. The molecule has 1 aliphatic heterocycles. The Balaban J connectivity index is 1.77. The predicted molar refractivity (Wildman–Crippen MR) is 91.3 cm³/mol. The van der Waals surface area contributed by atoms with Crippen LogP contribution in [0.25, 0.3) is 0 Å². The van der Waals surface area contributed by atoms with Crippen LogP contribution >= 0.6 is 0 Å². The Bertz CT molecular complexity index is 804. The number of nitrogens with zero attached hydrogens (tertiary/aromatic N) is 1. The average molecular weight is 360 g/mol. The normalized spacial score (nSPS) is 17.3. The van der Waals surface area contributed by atoms with E-state index in [-0.39, 0.29) is 31.4 Å². The molecule has 1 atom stereocenters. The van der Waals surface area contributed by atoms with Crippen LogP contribution in [0.1, 0.15) is 11.1 Å². The molecule has 0 saturated carbocycles. The maximum Gasteiger partial charge on any atom is 0.249 e. The number of carbonyl (C=O) groups excluding carboxylic acids is 2. The minimum Gasteiger partial charge on any atom is -0.369 e. The van der Waals surface area contributed by atoms with Crippen LogP contribution in [-0.2, 0) is 20.9 Å². The van der Waals surface area contributed by atoms with Gasteiger partial charge in [0.15, 0.2) is 0 Å². The third-order valence-electron chi connectivity index (χ3n) is 4.10. The maximum absolute atomic E-state index is 13.3. The van der Waals surface area contributed by atoms with E-state index < -0.39 is 23.6 Å². The van der Waals surface area contributed by atoms with Gasteiger partial charge in [-0.2, -0.15) is 0 Å². The second kappa shape index (κ2) is 7.61. The molecule has 0 radical (unpaired) electrons. The molecule has 5 nitrogen and oxygen atoms in total. The molecular formula is C19H18F2N2O3. The van der Waals surface area contributed by atoms with Gasteiger partial charge in [0.2, 0.25) is 11.8 Å². The van der Waals surface area contributed by atoms with E-state index >= 15 is 0 Å². The molecular weight excluding hydrogens is 342 g/mol. The van der Waals surface area contributed by atoms with Crippen molar-refractivity contribution in [1.29, 1.82) is 0 Å².